The van der Waals surface area contributed by atoms with E-state index in [-0.39, 0.29) is 5.91 Å². The lowest BCUT2D eigenvalue weighted by molar-refractivity contribution is 0.102. The molecule has 28 heavy (non-hydrogen) atoms. The number of aryl methyl sites for hydroxylation is 1. The molecule has 1 N–H and O–H groups in total. The van der Waals surface area contributed by atoms with Crippen LogP contribution in [0.15, 0.2) is 80.8 Å². The Morgan fingerprint density at radius 3 is 2.68 bits per heavy atom. The Morgan fingerprint density at radius 1 is 1.11 bits per heavy atom. The average molecular weight is 407 g/mol. The predicted molar refractivity (Wildman–Crippen MR) is 115 cm³/mol. The van der Waals surface area contributed by atoms with Crippen molar-refractivity contribution in [1.29, 1.82) is 0 Å². The second kappa shape index (κ2) is 8.46. The smallest absolute Gasteiger partial charge is 0.261 e. The minimum absolute atomic E-state index is 0.221. The van der Waals surface area contributed by atoms with Crippen molar-refractivity contribution in [3.63, 3.8) is 0 Å². The van der Waals surface area contributed by atoms with Crippen LogP contribution in [0.2, 0.25) is 0 Å². The molecular formula is C22H18N2O2S2. The monoisotopic (exact) mass is 406 g/mol. The summed E-state index contributed by atoms with van der Waals surface area (Å²) in [5.41, 5.74) is 3.93. The van der Waals surface area contributed by atoms with Gasteiger partial charge in [0, 0.05) is 16.2 Å². The number of thioether (sulfide) groups is 1. The molecule has 2 heterocycles. The number of carbonyl (C=O) groups excluding carboxylic acids is 1. The molecule has 4 rings (SSSR count). The SMILES string of the molecule is Cc1onc(-c2ccccc2)c1C(=O)Nc1ccccc1SCc1ccsc1. The Hall–Kier alpha value is -2.83. The van der Waals surface area contributed by atoms with E-state index in [1.807, 2.05) is 54.6 Å². The van der Waals surface area contributed by atoms with E-state index in [1.165, 1.54) is 5.56 Å². The zero-order valence-corrected chi connectivity index (χ0v) is 16.8. The summed E-state index contributed by atoms with van der Waals surface area (Å²) in [6.45, 7) is 1.76. The van der Waals surface area contributed by atoms with Crippen LogP contribution in [0.1, 0.15) is 21.7 Å². The van der Waals surface area contributed by atoms with Gasteiger partial charge in [0.15, 0.2) is 0 Å². The van der Waals surface area contributed by atoms with E-state index in [9.17, 15) is 4.79 Å². The number of hydrogen-bond acceptors (Lipinski definition) is 5. The minimum atomic E-state index is -0.221. The van der Waals surface area contributed by atoms with Crippen molar-refractivity contribution >= 4 is 34.7 Å². The van der Waals surface area contributed by atoms with Crippen LogP contribution >= 0.6 is 23.1 Å². The van der Waals surface area contributed by atoms with Crippen LogP contribution in [-0.2, 0) is 5.75 Å². The molecule has 0 radical (unpaired) electrons. The highest BCUT2D eigenvalue weighted by Gasteiger charge is 2.22. The van der Waals surface area contributed by atoms with Crippen molar-refractivity contribution in [2.75, 3.05) is 5.32 Å². The summed E-state index contributed by atoms with van der Waals surface area (Å²) in [6, 6.07) is 19.5. The van der Waals surface area contributed by atoms with E-state index in [2.05, 4.69) is 27.3 Å². The number of para-hydroxylation sites is 1. The van der Waals surface area contributed by atoms with E-state index < -0.39 is 0 Å². The Bertz CT molecular complexity index is 1070. The van der Waals surface area contributed by atoms with Gasteiger partial charge in [-0.1, -0.05) is 47.6 Å². The molecule has 2 aromatic heterocycles. The summed E-state index contributed by atoms with van der Waals surface area (Å²) >= 11 is 3.39. The van der Waals surface area contributed by atoms with E-state index in [0.717, 1.165) is 21.9 Å². The van der Waals surface area contributed by atoms with Gasteiger partial charge in [-0.2, -0.15) is 11.3 Å². The molecule has 6 heteroatoms. The van der Waals surface area contributed by atoms with Crippen LogP contribution in [0.25, 0.3) is 11.3 Å². The predicted octanol–water partition coefficient (Wildman–Crippen LogP) is 6.26. The summed E-state index contributed by atoms with van der Waals surface area (Å²) in [7, 11) is 0. The Kier molecular flexibility index (Phi) is 5.60. The summed E-state index contributed by atoms with van der Waals surface area (Å²) in [5, 5.41) is 11.4. The van der Waals surface area contributed by atoms with E-state index in [0.29, 0.717) is 17.0 Å². The summed E-state index contributed by atoms with van der Waals surface area (Å²) in [4.78, 5) is 14.1. The van der Waals surface area contributed by atoms with Crippen LogP contribution in [0.4, 0.5) is 5.69 Å². The van der Waals surface area contributed by atoms with Gasteiger partial charge in [-0.15, -0.1) is 11.8 Å². The highest BCUT2D eigenvalue weighted by atomic mass is 32.2. The zero-order chi connectivity index (χ0) is 19.3. The molecule has 0 bridgehead atoms. The zero-order valence-electron chi connectivity index (χ0n) is 15.2. The first-order valence-corrected chi connectivity index (χ1v) is 10.7. The van der Waals surface area contributed by atoms with E-state index in [4.69, 9.17) is 4.52 Å². The van der Waals surface area contributed by atoms with Gasteiger partial charge in [0.05, 0.1) is 5.69 Å². The maximum absolute atomic E-state index is 13.1. The molecule has 2 aromatic carbocycles. The highest BCUT2D eigenvalue weighted by Crippen LogP contribution is 2.32. The number of anilines is 1. The minimum Gasteiger partial charge on any atom is -0.360 e. The molecule has 4 aromatic rings. The highest BCUT2D eigenvalue weighted by molar-refractivity contribution is 7.98. The van der Waals surface area contributed by atoms with Crippen LogP contribution in [0.5, 0.6) is 0 Å². The van der Waals surface area contributed by atoms with Crippen molar-refractivity contribution in [1.82, 2.24) is 5.16 Å². The molecule has 0 aliphatic carbocycles. The third-order valence-corrected chi connectivity index (χ3v) is 6.12. The largest absolute Gasteiger partial charge is 0.360 e. The number of nitrogens with zero attached hydrogens (tertiary/aromatic N) is 1. The molecule has 0 saturated carbocycles. The van der Waals surface area contributed by atoms with Crippen molar-refractivity contribution in [3.05, 3.63) is 88.3 Å². The average Bonchev–Trinajstić information content (AvgIpc) is 3.37. The van der Waals surface area contributed by atoms with Crippen LogP contribution in [-0.4, -0.2) is 11.1 Å². The lowest BCUT2D eigenvalue weighted by Gasteiger charge is -2.11. The van der Waals surface area contributed by atoms with Crippen molar-refractivity contribution < 1.29 is 9.32 Å². The van der Waals surface area contributed by atoms with Gasteiger partial charge in [0.1, 0.15) is 17.0 Å². The number of aromatic nitrogens is 1. The van der Waals surface area contributed by atoms with Crippen LogP contribution in [0.3, 0.4) is 0 Å². The molecule has 0 aliphatic rings. The Balaban J connectivity index is 1.57. The topological polar surface area (TPSA) is 55.1 Å². The molecule has 0 unspecified atom stereocenters. The molecule has 4 nitrogen and oxygen atoms in total. The maximum Gasteiger partial charge on any atom is 0.261 e. The summed E-state index contributed by atoms with van der Waals surface area (Å²) in [6.07, 6.45) is 0. The number of hydrogen-bond donors (Lipinski definition) is 1. The first kappa shape index (κ1) is 18.5. The number of amides is 1. The fraction of sp³-hybridized carbons (Fsp3) is 0.0909. The molecule has 140 valence electrons. The maximum atomic E-state index is 13.1. The van der Waals surface area contributed by atoms with Gasteiger partial charge in [0.25, 0.3) is 5.91 Å². The standard InChI is InChI=1S/C22H18N2O2S2/c1-15-20(21(24-26-15)17-7-3-2-4-8-17)22(25)23-18-9-5-6-10-19(18)28-14-16-11-12-27-13-16/h2-13H,14H2,1H3,(H,23,25). The molecule has 1 amide bonds. The van der Waals surface area contributed by atoms with E-state index in [1.54, 1.807) is 30.0 Å². The molecule has 0 fully saturated rings. The quantitative estimate of drug-likeness (QED) is 0.384. The molecular weight excluding hydrogens is 388 g/mol. The normalized spacial score (nSPS) is 10.8. The van der Waals surface area contributed by atoms with Gasteiger partial charge < -0.3 is 9.84 Å². The van der Waals surface area contributed by atoms with Crippen LogP contribution < -0.4 is 5.32 Å². The summed E-state index contributed by atoms with van der Waals surface area (Å²) < 4.78 is 5.32. The third-order valence-electron chi connectivity index (χ3n) is 4.25. The first-order chi connectivity index (χ1) is 13.7. The summed E-state index contributed by atoms with van der Waals surface area (Å²) in [5.74, 6) is 1.14. The second-order valence-electron chi connectivity index (χ2n) is 6.20. The lowest BCUT2D eigenvalue weighted by atomic mass is 10.1. The Labute approximate surface area is 171 Å². The number of carbonyl (C=O) groups is 1. The van der Waals surface area contributed by atoms with Crippen molar-refractivity contribution in [2.24, 2.45) is 0 Å². The lowest BCUT2D eigenvalue weighted by Crippen LogP contribution is -2.14. The van der Waals surface area contributed by atoms with Crippen LogP contribution in [0, 0.1) is 6.92 Å². The Morgan fingerprint density at radius 2 is 1.89 bits per heavy atom. The number of benzene rings is 2. The number of rotatable bonds is 6. The second-order valence-corrected chi connectivity index (χ2v) is 8.00. The molecule has 0 aliphatic heterocycles. The molecule has 0 atom stereocenters. The third kappa shape index (κ3) is 4.03. The first-order valence-electron chi connectivity index (χ1n) is 8.78. The number of nitrogens with one attached hydrogen (secondary N) is 1. The van der Waals surface area contributed by atoms with Crippen molar-refractivity contribution in [3.8, 4) is 11.3 Å². The van der Waals surface area contributed by atoms with Gasteiger partial charge >= 0.3 is 0 Å². The number of thiophene rings is 1. The molecule has 0 saturated heterocycles. The van der Waals surface area contributed by atoms with Crippen molar-refractivity contribution in [2.45, 2.75) is 17.6 Å². The van der Waals surface area contributed by atoms with Gasteiger partial charge in [-0.25, -0.2) is 0 Å². The van der Waals surface area contributed by atoms with Gasteiger partial charge in [0.2, 0.25) is 0 Å². The van der Waals surface area contributed by atoms with E-state index >= 15 is 0 Å². The molecule has 0 spiro atoms. The fourth-order valence-electron chi connectivity index (χ4n) is 2.85. The van der Waals surface area contributed by atoms with Gasteiger partial charge in [-0.3, -0.25) is 4.79 Å². The fourth-order valence-corrected chi connectivity index (χ4v) is 4.57. The van der Waals surface area contributed by atoms with Gasteiger partial charge in [-0.05, 0) is 41.4 Å².